The van der Waals surface area contributed by atoms with Gasteiger partial charge in [0, 0.05) is 26.8 Å². The van der Waals surface area contributed by atoms with Crippen molar-refractivity contribution in [3.05, 3.63) is 17.7 Å². The molecule has 0 spiro atoms. The number of hydrogen-bond donors (Lipinski definition) is 2. The summed E-state index contributed by atoms with van der Waals surface area (Å²) in [7, 11) is 1.65. The maximum Gasteiger partial charge on any atom is 0.416 e. The Morgan fingerprint density at radius 3 is 2.57 bits per heavy atom. The molecule has 5 nitrogen and oxygen atoms in total. The Bertz CT molecular complexity index is 473. The van der Waals surface area contributed by atoms with Gasteiger partial charge in [-0.2, -0.15) is 13.2 Å². The van der Waals surface area contributed by atoms with Crippen LogP contribution in [0.2, 0.25) is 0 Å². The van der Waals surface area contributed by atoms with E-state index in [9.17, 15) is 13.2 Å². The molecule has 1 aliphatic heterocycles. The highest BCUT2D eigenvalue weighted by Crippen LogP contribution is 2.33. The normalized spacial score (nSPS) is 17.1. The minimum absolute atomic E-state index is 0.0128. The fourth-order valence-electron chi connectivity index (χ4n) is 2.48. The zero-order valence-electron chi connectivity index (χ0n) is 11.8. The molecule has 0 unspecified atom stereocenters. The predicted octanol–water partition coefficient (Wildman–Crippen LogP) is 2.25. The molecule has 1 aromatic heterocycles. The van der Waals surface area contributed by atoms with Gasteiger partial charge in [-0.3, -0.25) is 0 Å². The van der Waals surface area contributed by atoms with E-state index >= 15 is 0 Å². The van der Waals surface area contributed by atoms with Crippen molar-refractivity contribution >= 4 is 11.6 Å². The van der Waals surface area contributed by atoms with E-state index in [0.29, 0.717) is 31.4 Å². The fraction of sp³-hybridized carbons (Fsp3) is 0.615. The number of anilines is 2. The maximum absolute atomic E-state index is 12.9. The molecule has 21 heavy (non-hydrogen) atoms. The van der Waals surface area contributed by atoms with Gasteiger partial charge in [0.15, 0.2) is 0 Å². The SMILES string of the molecule is COCC1CCN(c2cc(C(F)(F)F)cc(NN)n2)CC1. The lowest BCUT2D eigenvalue weighted by atomic mass is 9.98. The Hall–Kier alpha value is -1.54. The molecular formula is C13H19F3N4O. The van der Waals surface area contributed by atoms with E-state index in [4.69, 9.17) is 10.6 Å². The molecule has 0 saturated carbocycles. The van der Waals surface area contributed by atoms with Crippen molar-refractivity contribution in [2.45, 2.75) is 19.0 Å². The first-order valence-electron chi connectivity index (χ1n) is 6.74. The summed E-state index contributed by atoms with van der Waals surface area (Å²) < 4.78 is 43.8. The van der Waals surface area contributed by atoms with Gasteiger partial charge in [0.2, 0.25) is 0 Å². The number of hydrazine groups is 1. The van der Waals surface area contributed by atoms with Gasteiger partial charge in [-0.05, 0) is 30.9 Å². The number of hydrogen-bond acceptors (Lipinski definition) is 5. The first kappa shape index (κ1) is 15.8. The van der Waals surface area contributed by atoms with Gasteiger partial charge < -0.3 is 15.1 Å². The second kappa shape index (κ2) is 6.48. The second-order valence-electron chi connectivity index (χ2n) is 5.13. The molecular weight excluding hydrogens is 285 g/mol. The molecule has 118 valence electrons. The third-order valence-corrected chi connectivity index (χ3v) is 3.63. The highest BCUT2D eigenvalue weighted by Gasteiger charge is 2.32. The number of nitrogens with one attached hydrogen (secondary N) is 1. The lowest BCUT2D eigenvalue weighted by Crippen LogP contribution is -2.35. The van der Waals surface area contributed by atoms with E-state index in [0.717, 1.165) is 25.0 Å². The summed E-state index contributed by atoms with van der Waals surface area (Å²) in [6, 6.07) is 1.97. The van der Waals surface area contributed by atoms with E-state index in [1.165, 1.54) is 0 Å². The molecule has 1 aliphatic rings. The van der Waals surface area contributed by atoms with Crippen molar-refractivity contribution in [2.75, 3.05) is 37.1 Å². The molecule has 1 aromatic rings. The summed E-state index contributed by atoms with van der Waals surface area (Å²) >= 11 is 0. The highest BCUT2D eigenvalue weighted by molar-refractivity contribution is 5.51. The van der Waals surface area contributed by atoms with Gasteiger partial charge in [-0.15, -0.1) is 0 Å². The number of nitrogens with two attached hydrogens (primary N) is 1. The van der Waals surface area contributed by atoms with Gasteiger partial charge in [0.1, 0.15) is 11.6 Å². The van der Waals surface area contributed by atoms with Crippen LogP contribution in [0.5, 0.6) is 0 Å². The third kappa shape index (κ3) is 3.98. The van der Waals surface area contributed by atoms with Crippen LogP contribution in [-0.2, 0) is 10.9 Å². The minimum Gasteiger partial charge on any atom is -0.384 e. The number of nitrogens with zero attached hydrogens (tertiary/aromatic N) is 2. The molecule has 1 saturated heterocycles. The molecule has 0 aliphatic carbocycles. The van der Waals surface area contributed by atoms with Crippen LogP contribution in [0.3, 0.4) is 0 Å². The molecule has 8 heteroatoms. The summed E-state index contributed by atoms with van der Waals surface area (Å²) in [4.78, 5) is 5.97. The Kier molecular flexibility index (Phi) is 4.89. The highest BCUT2D eigenvalue weighted by atomic mass is 19.4. The van der Waals surface area contributed by atoms with E-state index in [1.807, 2.05) is 4.90 Å². The number of nitrogen functional groups attached to an aromatic ring is 1. The van der Waals surface area contributed by atoms with E-state index in [1.54, 1.807) is 7.11 Å². The Balaban J connectivity index is 2.16. The second-order valence-corrected chi connectivity index (χ2v) is 5.13. The van der Waals surface area contributed by atoms with Gasteiger partial charge in [-0.1, -0.05) is 0 Å². The molecule has 2 rings (SSSR count). The number of ether oxygens (including phenoxy) is 1. The zero-order chi connectivity index (χ0) is 15.5. The number of alkyl halides is 3. The van der Waals surface area contributed by atoms with E-state index in [-0.39, 0.29) is 5.82 Å². The van der Waals surface area contributed by atoms with Crippen LogP contribution in [0.1, 0.15) is 18.4 Å². The molecule has 0 radical (unpaired) electrons. The first-order chi connectivity index (χ1) is 9.94. The molecule has 0 bridgehead atoms. The van der Waals surface area contributed by atoms with Crippen molar-refractivity contribution in [2.24, 2.45) is 11.8 Å². The van der Waals surface area contributed by atoms with Gasteiger partial charge in [-0.25, -0.2) is 10.8 Å². The van der Waals surface area contributed by atoms with Crippen molar-refractivity contribution in [1.82, 2.24) is 4.98 Å². The summed E-state index contributed by atoms with van der Waals surface area (Å²) in [5, 5.41) is 0. The number of methoxy groups -OCH3 is 1. The molecule has 3 N–H and O–H groups in total. The van der Waals surface area contributed by atoms with Crippen molar-refractivity contribution in [3.63, 3.8) is 0 Å². The number of aromatic nitrogens is 1. The van der Waals surface area contributed by atoms with Crippen LogP contribution in [0.15, 0.2) is 12.1 Å². The molecule has 0 aromatic carbocycles. The molecule has 2 heterocycles. The Labute approximate surface area is 121 Å². The average molecular weight is 304 g/mol. The zero-order valence-corrected chi connectivity index (χ0v) is 11.8. The minimum atomic E-state index is -4.42. The number of pyridine rings is 1. The number of piperidine rings is 1. The Morgan fingerprint density at radius 1 is 1.38 bits per heavy atom. The lowest BCUT2D eigenvalue weighted by molar-refractivity contribution is -0.137. The fourth-order valence-corrected chi connectivity index (χ4v) is 2.48. The average Bonchev–Trinajstić information content (AvgIpc) is 2.47. The van der Waals surface area contributed by atoms with Crippen LogP contribution >= 0.6 is 0 Å². The lowest BCUT2D eigenvalue weighted by Gasteiger charge is -2.33. The summed E-state index contributed by atoms with van der Waals surface area (Å²) in [6.07, 6.45) is -2.67. The van der Waals surface area contributed by atoms with Crippen LogP contribution in [0.4, 0.5) is 24.8 Å². The van der Waals surface area contributed by atoms with Gasteiger partial charge >= 0.3 is 6.18 Å². The third-order valence-electron chi connectivity index (χ3n) is 3.63. The summed E-state index contributed by atoms with van der Waals surface area (Å²) in [6.45, 7) is 2.00. The standard InChI is InChI=1S/C13H19F3N4O/c1-21-8-9-2-4-20(5-3-9)12-7-10(13(14,15)16)6-11(18-12)19-17/h6-7,9H,2-5,8,17H2,1H3,(H,18,19). The molecule has 1 fully saturated rings. The van der Waals surface area contributed by atoms with Crippen LogP contribution < -0.4 is 16.2 Å². The first-order valence-corrected chi connectivity index (χ1v) is 6.74. The van der Waals surface area contributed by atoms with E-state index in [2.05, 4.69) is 10.4 Å². The van der Waals surface area contributed by atoms with Gasteiger partial charge in [0.05, 0.1) is 5.56 Å². The van der Waals surface area contributed by atoms with Crippen LogP contribution in [0.25, 0.3) is 0 Å². The Morgan fingerprint density at radius 2 is 2.05 bits per heavy atom. The smallest absolute Gasteiger partial charge is 0.384 e. The molecule has 0 atom stereocenters. The molecule has 0 amide bonds. The number of rotatable bonds is 4. The largest absolute Gasteiger partial charge is 0.416 e. The monoisotopic (exact) mass is 304 g/mol. The van der Waals surface area contributed by atoms with Crippen molar-refractivity contribution < 1.29 is 17.9 Å². The van der Waals surface area contributed by atoms with Gasteiger partial charge in [0.25, 0.3) is 0 Å². The quantitative estimate of drug-likeness (QED) is 0.660. The predicted molar refractivity (Wildman–Crippen MR) is 73.9 cm³/mol. The summed E-state index contributed by atoms with van der Waals surface area (Å²) in [5.74, 6) is 5.97. The van der Waals surface area contributed by atoms with E-state index < -0.39 is 11.7 Å². The van der Waals surface area contributed by atoms with Crippen LogP contribution in [0, 0.1) is 5.92 Å². The summed E-state index contributed by atoms with van der Waals surface area (Å²) in [5.41, 5.74) is 1.44. The van der Waals surface area contributed by atoms with Crippen molar-refractivity contribution in [1.29, 1.82) is 0 Å². The van der Waals surface area contributed by atoms with Crippen LogP contribution in [-0.4, -0.2) is 31.8 Å². The topological polar surface area (TPSA) is 63.4 Å². The maximum atomic E-state index is 12.9. The van der Waals surface area contributed by atoms with Crippen molar-refractivity contribution in [3.8, 4) is 0 Å². The number of halogens is 3.